The molecule has 1 atom stereocenters. The molecule has 0 spiro atoms. The predicted molar refractivity (Wildman–Crippen MR) is 66.2 cm³/mol. The molecule has 0 aromatic heterocycles. The smallest absolute Gasteiger partial charge is 0.254 e. The van der Waals surface area contributed by atoms with Crippen LogP contribution in [0.25, 0.3) is 0 Å². The molecule has 1 rings (SSSR count). The van der Waals surface area contributed by atoms with Crippen molar-refractivity contribution in [2.24, 2.45) is 11.7 Å². The molecule has 18 heavy (non-hydrogen) atoms. The van der Waals surface area contributed by atoms with Gasteiger partial charge in [-0.1, -0.05) is 13.8 Å². The van der Waals surface area contributed by atoms with Crippen molar-refractivity contribution < 1.29 is 13.6 Å². The Morgan fingerprint density at radius 1 is 1.33 bits per heavy atom. The van der Waals surface area contributed by atoms with E-state index < -0.39 is 17.5 Å². The minimum absolute atomic E-state index is 0.162. The van der Waals surface area contributed by atoms with Crippen molar-refractivity contribution in [1.82, 2.24) is 5.32 Å². The molecule has 5 heteroatoms. The van der Waals surface area contributed by atoms with Gasteiger partial charge in [0.05, 0.1) is 5.56 Å². The van der Waals surface area contributed by atoms with Gasteiger partial charge in [-0.05, 0) is 24.5 Å². The SMILES string of the molecule is Cc1cc(C(=O)NCC(N)C(C)C)c(F)cc1F. The molecule has 1 amide bonds. The van der Waals surface area contributed by atoms with Gasteiger partial charge in [-0.3, -0.25) is 4.79 Å². The molecular weight excluding hydrogens is 238 g/mol. The molecule has 0 bridgehead atoms. The molecule has 3 nitrogen and oxygen atoms in total. The summed E-state index contributed by atoms with van der Waals surface area (Å²) in [6.45, 7) is 5.59. The van der Waals surface area contributed by atoms with Crippen LogP contribution in [0.4, 0.5) is 8.78 Å². The molecular formula is C13H18F2N2O. The molecule has 0 saturated heterocycles. The molecule has 1 unspecified atom stereocenters. The van der Waals surface area contributed by atoms with E-state index in [9.17, 15) is 13.6 Å². The Balaban J connectivity index is 2.76. The third-order valence-electron chi connectivity index (χ3n) is 2.85. The molecule has 0 saturated carbocycles. The zero-order valence-corrected chi connectivity index (χ0v) is 10.8. The van der Waals surface area contributed by atoms with Gasteiger partial charge >= 0.3 is 0 Å². The third kappa shape index (κ3) is 3.50. The fourth-order valence-electron chi connectivity index (χ4n) is 1.37. The standard InChI is InChI=1S/C13H18F2N2O/c1-7(2)12(16)6-17-13(18)9-4-8(3)10(14)5-11(9)15/h4-5,7,12H,6,16H2,1-3H3,(H,17,18). The van der Waals surface area contributed by atoms with Gasteiger partial charge in [0.25, 0.3) is 5.91 Å². The maximum atomic E-state index is 13.4. The molecule has 100 valence electrons. The van der Waals surface area contributed by atoms with Gasteiger partial charge in [-0.2, -0.15) is 0 Å². The summed E-state index contributed by atoms with van der Waals surface area (Å²) in [5.41, 5.74) is 5.84. The number of nitrogens with two attached hydrogens (primary N) is 1. The third-order valence-corrected chi connectivity index (χ3v) is 2.85. The molecule has 1 aromatic rings. The number of carbonyl (C=O) groups excluding carboxylic acids is 1. The fraction of sp³-hybridized carbons (Fsp3) is 0.462. The van der Waals surface area contributed by atoms with Crippen LogP contribution in [0.2, 0.25) is 0 Å². The van der Waals surface area contributed by atoms with Crippen molar-refractivity contribution >= 4 is 5.91 Å². The summed E-state index contributed by atoms with van der Waals surface area (Å²) in [6.07, 6.45) is 0. The highest BCUT2D eigenvalue weighted by atomic mass is 19.1. The summed E-state index contributed by atoms with van der Waals surface area (Å²) in [4.78, 5) is 11.7. The topological polar surface area (TPSA) is 55.1 Å². The zero-order chi connectivity index (χ0) is 13.9. The van der Waals surface area contributed by atoms with Crippen molar-refractivity contribution in [2.45, 2.75) is 26.8 Å². The largest absolute Gasteiger partial charge is 0.350 e. The van der Waals surface area contributed by atoms with E-state index in [1.807, 2.05) is 13.8 Å². The number of nitrogens with one attached hydrogen (secondary N) is 1. The van der Waals surface area contributed by atoms with E-state index in [1.165, 1.54) is 13.0 Å². The highest BCUT2D eigenvalue weighted by molar-refractivity contribution is 5.94. The first kappa shape index (κ1) is 14.6. The average Bonchev–Trinajstić information content (AvgIpc) is 2.30. The van der Waals surface area contributed by atoms with Crippen molar-refractivity contribution in [3.63, 3.8) is 0 Å². The Morgan fingerprint density at radius 3 is 2.50 bits per heavy atom. The lowest BCUT2D eigenvalue weighted by molar-refractivity contribution is 0.0945. The molecule has 0 radical (unpaired) electrons. The van der Waals surface area contributed by atoms with Crippen LogP contribution < -0.4 is 11.1 Å². The molecule has 0 aliphatic carbocycles. The van der Waals surface area contributed by atoms with Crippen LogP contribution in [0.15, 0.2) is 12.1 Å². The Hall–Kier alpha value is -1.49. The maximum absolute atomic E-state index is 13.4. The Kier molecular flexibility index (Phi) is 4.78. The second-order valence-corrected chi connectivity index (χ2v) is 4.70. The van der Waals surface area contributed by atoms with E-state index >= 15 is 0 Å². The summed E-state index contributed by atoms with van der Waals surface area (Å²) < 4.78 is 26.5. The van der Waals surface area contributed by atoms with Crippen LogP contribution >= 0.6 is 0 Å². The number of rotatable bonds is 4. The Morgan fingerprint density at radius 2 is 1.94 bits per heavy atom. The number of halogens is 2. The molecule has 1 aromatic carbocycles. The average molecular weight is 256 g/mol. The predicted octanol–water partition coefficient (Wildman–Crippen LogP) is 1.99. The minimum Gasteiger partial charge on any atom is -0.350 e. The number of aryl methyl sites for hydroxylation is 1. The van der Waals surface area contributed by atoms with E-state index in [0.717, 1.165) is 0 Å². The summed E-state index contributed by atoms with van der Waals surface area (Å²) in [6, 6.07) is 1.71. The normalized spacial score (nSPS) is 12.6. The zero-order valence-electron chi connectivity index (χ0n) is 10.8. The van der Waals surface area contributed by atoms with E-state index in [-0.39, 0.29) is 29.6 Å². The molecule has 0 fully saturated rings. The molecule has 0 heterocycles. The second-order valence-electron chi connectivity index (χ2n) is 4.70. The van der Waals surface area contributed by atoms with Gasteiger partial charge in [0.1, 0.15) is 11.6 Å². The Bertz CT molecular complexity index is 447. The van der Waals surface area contributed by atoms with Crippen LogP contribution in [0.1, 0.15) is 29.8 Å². The summed E-state index contributed by atoms with van der Waals surface area (Å²) in [5, 5.41) is 2.54. The summed E-state index contributed by atoms with van der Waals surface area (Å²) in [7, 11) is 0. The first-order valence-corrected chi connectivity index (χ1v) is 5.82. The minimum atomic E-state index is -0.867. The molecule has 0 aliphatic heterocycles. The summed E-state index contributed by atoms with van der Waals surface area (Å²) in [5.74, 6) is -1.89. The lowest BCUT2D eigenvalue weighted by atomic mass is 10.1. The van der Waals surface area contributed by atoms with Crippen molar-refractivity contribution in [2.75, 3.05) is 6.54 Å². The highest BCUT2D eigenvalue weighted by Crippen LogP contribution is 2.14. The number of carbonyl (C=O) groups is 1. The van der Waals surface area contributed by atoms with Gasteiger partial charge in [-0.15, -0.1) is 0 Å². The highest BCUT2D eigenvalue weighted by Gasteiger charge is 2.16. The van der Waals surface area contributed by atoms with E-state index in [1.54, 1.807) is 0 Å². The van der Waals surface area contributed by atoms with Crippen molar-refractivity contribution in [1.29, 1.82) is 0 Å². The lowest BCUT2D eigenvalue weighted by Gasteiger charge is -2.16. The van der Waals surface area contributed by atoms with Gasteiger partial charge in [0, 0.05) is 18.7 Å². The quantitative estimate of drug-likeness (QED) is 0.865. The first-order chi connectivity index (χ1) is 8.32. The molecule has 3 N–H and O–H groups in total. The van der Waals surface area contributed by atoms with Gasteiger partial charge in [0.15, 0.2) is 0 Å². The number of hydrogen-bond donors (Lipinski definition) is 2. The first-order valence-electron chi connectivity index (χ1n) is 5.82. The second kappa shape index (κ2) is 5.91. The number of benzene rings is 1. The van der Waals surface area contributed by atoms with Crippen LogP contribution in [0.3, 0.4) is 0 Å². The monoisotopic (exact) mass is 256 g/mol. The lowest BCUT2D eigenvalue weighted by Crippen LogP contribution is -2.40. The van der Waals surface area contributed by atoms with Gasteiger partial charge in [-0.25, -0.2) is 8.78 Å². The summed E-state index contributed by atoms with van der Waals surface area (Å²) >= 11 is 0. The van der Waals surface area contributed by atoms with Crippen LogP contribution in [-0.2, 0) is 0 Å². The van der Waals surface area contributed by atoms with E-state index in [0.29, 0.717) is 6.07 Å². The van der Waals surface area contributed by atoms with E-state index in [4.69, 9.17) is 5.73 Å². The number of amides is 1. The van der Waals surface area contributed by atoms with Crippen molar-refractivity contribution in [3.8, 4) is 0 Å². The van der Waals surface area contributed by atoms with Crippen molar-refractivity contribution in [3.05, 3.63) is 34.9 Å². The van der Waals surface area contributed by atoms with Gasteiger partial charge < -0.3 is 11.1 Å². The number of hydrogen-bond acceptors (Lipinski definition) is 2. The maximum Gasteiger partial charge on any atom is 0.254 e. The van der Waals surface area contributed by atoms with Crippen LogP contribution in [0.5, 0.6) is 0 Å². The van der Waals surface area contributed by atoms with Crippen LogP contribution in [0, 0.1) is 24.5 Å². The van der Waals surface area contributed by atoms with Gasteiger partial charge in [0.2, 0.25) is 0 Å². The fourth-order valence-corrected chi connectivity index (χ4v) is 1.37. The van der Waals surface area contributed by atoms with Crippen LogP contribution in [-0.4, -0.2) is 18.5 Å². The van der Waals surface area contributed by atoms with E-state index in [2.05, 4.69) is 5.32 Å². The molecule has 0 aliphatic rings. The Labute approximate surface area is 105 Å².